The number of amides is 1. The summed E-state index contributed by atoms with van der Waals surface area (Å²) in [5.41, 5.74) is 0.559. The number of halogens is 1. The second-order valence-corrected chi connectivity index (χ2v) is 6.81. The van der Waals surface area contributed by atoms with Crippen molar-refractivity contribution in [1.82, 2.24) is 9.88 Å². The monoisotopic (exact) mass is 351 g/mol. The molecule has 1 amide bonds. The highest BCUT2D eigenvalue weighted by atomic mass is 19.1. The first kappa shape index (κ1) is 16.7. The van der Waals surface area contributed by atoms with Gasteiger partial charge in [0.25, 0.3) is 0 Å². The highest BCUT2D eigenvalue weighted by Gasteiger charge is 2.52. The van der Waals surface area contributed by atoms with E-state index >= 15 is 4.39 Å². The Hall–Kier alpha value is -1.77. The van der Waals surface area contributed by atoms with E-state index < -0.39 is 12.0 Å². The minimum atomic E-state index is -1.32. The normalized spacial score (nSPS) is 27.8. The molecule has 2 fully saturated rings. The maximum Gasteiger partial charge on any atom is 0.248 e. The second kappa shape index (κ2) is 6.19. The van der Waals surface area contributed by atoms with Crippen LogP contribution in [0.2, 0.25) is 0 Å². The third-order valence-corrected chi connectivity index (χ3v) is 5.19. The minimum absolute atomic E-state index is 0.0714. The molecule has 4 aliphatic rings. The summed E-state index contributed by atoms with van der Waals surface area (Å²) in [5, 5.41) is 3.27. The minimum Gasteiger partial charge on any atom is -0.370 e. The van der Waals surface area contributed by atoms with Crippen LogP contribution in [-0.2, 0) is 31.2 Å². The van der Waals surface area contributed by atoms with Crippen LogP contribution >= 0.6 is 0 Å². The molecule has 8 heteroatoms. The molecule has 5 rings (SSSR count). The number of aromatic nitrogens is 1. The lowest BCUT2D eigenvalue weighted by molar-refractivity contribution is -0.143. The van der Waals surface area contributed by atoms with Crippen molar-refractivity contribution in [3.05, 3.63) is 22.9 Å². The number of anilines is 1. The van der Waals surface area contributed by atoms with E-state index in [1.807, 2.05) is 6.07 Å². The summed E-state index contributed by atoms with van der Waals surface area (Å²) in [4.78, 5) is 18.4. The first-order valence-electron chi connectivity index (χ1n) is 8.45. The molecule has 136 valence electrons. The number of methoxy groups -OCH3 is 2. The fourth-order valence-electron chi connectivity index (χ4n) is 3.83. The molecule has 0 spiro atoms. The SMILES string of the molecule is COC(OC)c1nc2c(cc1CN1CCOCC1=O)C1(F)CC(C1)N2. The Morgan fingerprint density at radius 2 is 2.24 bits per heavy atom. The number of carbonyl (C=O) groups is 1. The third-order valence-electron chi connectivity index (χ3n) is 5.19. The number of pyridine rings is 1. The van der Waals surface area contributed by atoms with Crippen molar-refractivity contribution in [3.63, 3.8) is 0 Å². The van der Waals surface area contributed by atoms with E-state index in [-0.39, 0.29) is 18.6 Å². The number of ether oxygens (including phenoxy) is 3. The first-order valence-corrected chi connectivity index (χ1v) is 8.45. The molecule has 25 heavy (non-hydrogen) atoms. The van der Waals surface area contributed by atoms with Gasteiger partial charge in [0.05, 0.1) is 6.61 Å². The van der Waals surface area contributed by atoms with E-state index in [9.17, 15) is 4.79 Å². The molecule has 1 aromatic rings. The lowest BCUT2D eigenvalue weighted by atomic mass is 9.69. The van der Waals surface area contributed by atoms with Gasteiger partial charge in [-0.25, -0.2) is 9.37 Å². The van der Waals surface area contributed by atoms with Gasteiger partial charge in [0, 0.05) is 51.8 Å². The van der Waals surface area contributed by atoms with Gasteiger partial charge in [-0.15, -0.1) is 0 Å². The number of hydrogen-bond donors (Lipinski definition) is 1. The van der Waals surface area contributed by atoms with Gasteiger partial charge in [-0.1, -0.05) is 0 Å². The number of rotatable bonds is 5. The Morgan fingerprint density at radius 3 is 2.92 bits per heavy atom. The zero-order chi connectivity index (χ0) is 17.6. The fourth-order valence-corrected chi connectivity index (χ4v) is 3.83. The zero-order valence-corrected chi connectivity index (χ0v) is 14.4. The number of nitrogens with zero attached hydrogens (tertiary/aromatic N) is 2. The van der Waals surface area contributed by atoms with Crippen molar-refractivity contribution >= 4 is 11.7 Å². The average Bonchev–Trinajstić information content (AvgIpc) is 2.57. The van der Waals surface area contributed by atoms with E-state index in [4.69, 9.17) is 14.2 Å². The van der Waals surface area contributed by atoms with E-state index in [1.54, 1.807) is 4.90 Å². The molecule has 1 N–H and O–H groups in total. The zero-order valence-electron chi connectivity index (χ0n) is 14.4. The number of hydrogen-bond acceptors (Lipinski definition) is 6. The van der Waals surface area contributed by atoms with Crippen LogP contribution in [0.1, 0.15) is 36.0 Å². The predicted molar refractivity (Wildman–Crippen MR) is 86.7 cm³/mol. The van der Waals surface area contributed by atoms with Crippen LogP contribution in [0, 0.1) is 0 Å². The van der Waals surface area contributed by atoms with Gasteiger partial charge >= 0.3 is 0 Å². The molecular weight excluding hydrogens is 329 g/mol. The first-order chi connectivity index (χ1) is 12.0. The van der Waals surface area contributed by atoms with Crippen molar-refractivity contribution in [2.24, 2.45) is 0 Å². The lowest BCUT2D eigenvalue weighted by Gasteiger charge is -2.48. The number of morpholine rings is 1. The second-order valence-electron chi connectivity index (χ2n) is 6.81. The Kier molecular flexibility index (Phi) is 4.13. The smallest absolute Gasteiger partial charge is 0.248 e. The molecular formula is C17H22FN3O4. The van der Waals surface area contributed by atoms with Crippen molar-refractivity contribution in [3.8, 4) is 0 Å². The van der Waals surface area contributed by atoms with Crippen LogP contribution in [0.15, 0.2) is 6.07 Å². The van der Waals surface area contributed by atoms with Crippen LogP contribution in [0.4, 0.5) is 10.2 Å². The van der Waals surface area contributed by atoms with Crippen LogP contribution in [0.5, 0.6) is 0 Å². The largest absolute Gasteiger partial charge is 0.370 e. The summed E-state index contributed by atoms with van der Waals surface area (Å²) in [6.07, 6.45) is 0.260. The standard InChI is InChI=1S/C17H22FN3O4/c1-23-16(24-2)14-10(8-21-3-4-25-9-13(21)22)5-12-15(20-14)19-11-6-17(12,18)7-11/h5,11,16H,3-4,6-9H2,1-2H3,(H,19,20). The molecule has 1 saturated heterocycles. The van der Waals surface area contributed by atoms with Gasteiger partial charge in [-0.2, -0.15) is 0 Å². The van der Waals surface area contributed by atoms with Gasteiger partial charge in [0.15, 0.2) is 0 Å². The summed E-state index contributed by atoms with van der Waals surface area (Å²) in [6.45, 7) is 1.40. The lowest BCUT2D eigenvalue weighted by Crippen LogP contribution is -2.51. The van der Waals surface area contributed by atoms with E-state index in [1.165, 1.54) is 14.2 Å². The van der Waals surface area contributed by atoms with Gasteiger partial charge in [0.1, 0.15) is 23.8 Å². The van der Waals surface area contributed by atoms with E-state index in [2.05, 4.69) is 10.3 Å². The Morgan fingerprint density at radius 1 is 1.48 bits per heavy atom. The maximum absolute atomic E-state index is 15.0. The Bertz CT molecular complexity index is 689. The van der Waals surface area contributed by atoms with Crippen molar-refractivity contribution < 1.29 is 23.4 Å². The third kappa shape index (κ3) is 2.78. The molecule has 0 aromatic carbocycles. The molecule has 1 aliphatic carbocycles. The van der Waals surface area contributed by atoms with E-state index in [0.717, 1.165) is 5.56 Å². The average molecular weight is 351 g/mol. The van der Waals surface area contributed by atoms with Crippen molar-refractivity contribution in [1.29, 1.82) is 0 Å². The summed E-state index contributed by atoms with van der Waals surface area (Å²) < 4.78 is 30.9. The van der Waals surface area contributed by atoms with Crippen LogP contribution in [-0.4, -0.2) is 55.8 Å². The molecule has 4 heterocycles. The molecule has 1 aromatic heterocycles. The molecule has 3 aliphatic heterocycles. The predicted octanol–water partition coefficient (Wildman–Crippen LogP) is 1.48. The quantitative estimate of drug-likeness (QED) is 0.811. The van der Waals surface area contributed by atoms with Crippen LogP contribution in [0.3, 0.4) is 0 Å². The molecule has 1 saturated carbocycles. The maximum atomic E-state index is 15.0. The summed E-state index contributed by atoms with van der Waals surface area (Å²) in [5.74, 6) is 0.467. The van der Waals surface area contributed by atoms with Crippen LogP contribution < -0.4 is 5.32 Å². The van der Waals surface area contributed by atoms with Gasteiger partial charge in [-0.3, -0.25) is 4.79 Å². The summed E-state index contributed by atoms with van der Waals surface area (Å²) in [7, 11) is 3.06. The summed E-state index contributed by atoms with van der Waals surface area (Å²) in [6, 6.07) is 1.95. The Labute approximate surface area is 145 Å². The van der Waals surface area contributed by atoms with Crippen molar-refractivity contribution in [2.75, 3.05) is 39.3 Å². The highest BCUT2D eigenvalue weighted by Crippen LogP contribution is 2.53. The van der Waals surface area contributed by atoms with Gasteiger partial charge in [0.2, 0.25) is 12.2 Å². The number of carbonyl (C=O) groups excluding carboxylic acids is 1. The molecule has 7 nitrogen and oxygen atoms in total. The fraction of sp³-hybridized carbons (Fsp3) is 0.647. The van der Waals surface area contributed by atoms with Crippen LogP contribution in [0.25, 0.3) is 0 Å². The number of alkyl halides is 1. The van der Waals surface area contributed by atoms with Gasteiger partial charge in [-0.05, 0) is 11.6 Å². The Balaban J connectivity index is 1.73. The topological polar surface area (TPSA) is 72.9 Å². The molecule has 0 unspecified atom stereocenters. The number of nitrogens with one attached hydrogen (secondary N) is 1. The molecule has 0 atom stereocenters. The molecule has 0 radical (unpaired) electrons. The summed E-state index contributed by atoms with van der Waals surface area (Å²) >= 11 is 0. The van der Waals surface area contributed by atoms with Gasteiger partial charge < -0.3 is 24.4 Å². The van der Waals surface area contributed by atoms with E-state index in [0.29, 0.717) is 49.6 Å². The van der Waals surface area contributed by atoms with Crippen molar-refractivity contribution in [2.45, 2.75) is 37.4 Å². The highest BCUT2D eigenvalue weighted by molar-refractivity contribution is 5.78. The molecule has 2 bridgehead atoms.